The number of rotatable bonds is 12. The Balaban J connectivity index is 1.67. The maximum atomic E-state index is 14.1. The molecule has 43 heavy (non-hydrogen) atoms. The molecule has 0 aliphatic heterocycles. The van der Waals surface area contributed by atoms with Crippen molar-refractivity contribution in [1.82, 2.24) is 10.2 Å². The van der Waals surface area contributed by atoms with Crippen LogP contribution in [0.5, 0.6) is 5.75 Å². The largest absolute Gasteiger partial charge is 0.494 e. The van der Waals surface area contributed by atoms with E-state index < -0.39 is 34.3 Å². The summed E-state index contributed by atoms with van der Waals surface area (Å²) in [4.78, 5) is 28.8. The van der Waals surface area contributed by atoms with Crippen LogP contribution >= 0.6 is 0 Å². The summed E-state index contributed by atoms with van der Waals surface area (Å²) in [6.07, 6.45) is 5.02. The molecule has 8 nitrogen and oxygen atoms in total. The molecule has 0 aromatic heterocycles. The Hall–Kier alpha value is -3.92. The van der Waals surface area contributed by atoms with Crippen LogP contribution < -0.4 is 14.4 Å². The third-order valence-electron chi connectivity index (χ3n) is 7.71. The van der Waals surface area contributed by atoms with E-state index in [1.165, 1.54) is 17.0 Å². The lowest BCUT2D eigenvalue weighted by Gasteiger charge is -2.33. The van der Waals surface area contributed by atoms with Gasteiger partial charge in [-0.15, -0.1) is 0 Å². The average Bonchev–Trinajstić information content (AvgIpc) is 3.00. The SMILES string of the molecule is CCOc1ccc(N(CC(=O)N(Cc2ccc(C)cc2)[C@H](C)C(=O)NC2CCCCC2)S(=O)(=O)c2ccc(F)cc2)cc1. The Kier molecular flexibility index (Phi) is 10.8. The van der Waals surface area contributed by atoms with Crippen molar-refractivity contribution < 1.29 is 27.1 Å². The molecular weight excluding hydrogens is 569 g/mol. The summed E-state index contributed by atoms with van der Waals surface area (Å²) in [7, 11) is -4.29. The normalized spacial score (nSPS) is 14.5. The van der Waals surface area contributed by atoms with Crippen molar-refractivity contribution in [2.75, 3.05) is 17.5 Å². The number of aryl methyl sites for hydroxylation is 1. The van der Waals surface area contributed by atoms with Gasteiger partial charge in [0, 0.05) is 12.6 Å². The van der Waals surface area contributed by atoms with Gasteiger partial charge >= 0.3 is 0 Å². The van der Waals surface area contributed by atoms with Crippen molar-refractivity contribution >= 4 is 27.5 Å². The Morgan fingerprint density at radius 2 is 1.58 bits per heavy atom. The minimum Gasteiger partial charge on any atom is -0.494 e. The van der Waals surface area contributed by atoms with Crippen LogP contribution in [0.3, 0.4) is 0 Å². The molecule has 1 saturated carbocycles. The predicted molar refractivity (Wildman–Crippen MR) is 165 cm³/mol. The van der Waals surface area contributed by atoms with Gasteiger partial charge in [0.2, 0.25) is 11.8 Å². The number of hydrogen-bond acceptors (Lipinski definition) is 5. The van der Waals surface area contributed by atoms with E-state index in [0.717, 1.165) is 59.7 Å². The highest BCUT2D eigenvalue weighted by Crippen LogP contribution is 2.27. The molecule has 230 valence electrons. The molecular formula is C33H40FN3O5S. The molecule has 1 fully saturated rings. The monoisotopic (exact) mass is 609 g/mol. The molecule has 10 heteroatoms. The lowest BCUT2D eigenvalue weighted by atomic mass is 9.95. The number of sulfonamides is 1. The molecule has 1 N–H and O–H groups in total. The molecule has 0 spiro atoms. The second kappa shape index (κ2) is 14.5. The first-order chi connectivity index (χ1) is 20.6. The van der Waals surface area contributed by atoms with E-state index in [2.05, 4.69) is 5.32 Å². The zero-order valence-electron chi connectivity index (χ0n) is 25.0. The van der Waals surface area contributed by atoms with Crippen molar-refractivity contribution in [1.29, 1.82) is 0 Å². The van der Waals surface area contributed by atoms with E-state index >= 15 is 0 Å². The molecule has 0 bridgehead atoms. The smallest absolute Gasteiger partial charge is 0.264 e. The van der Waals surface area contributed by atoms with Gasteiger partial charge in [0.1, 0.15) is 24.2 Å². The maximum Gasteiger partial charge on any atom is 0.264 e. The lowest BCUT2D eigenvalue weighted by Crippen LogP contribution is -2.53. The van der Waals surface area contributed by atoms with E-state index in [0.29, 0.717) is 12.4 Å². The van der Waals surface area contributed by atoms with Gasteiger partial charge in [0.05, 0.1) is 17.2 Å². The number of nitrogens with one attached hydrogen (secondary N) is 1. The molecule has 2 amide bonds. The van der Waals surface area contributed by atoms with Crippen LogP contribution in [0, 0.1) is 12.7 Å². The summed E-state index contributed by atoms with van der Waals surface area (Å²) < 4.78 is 48.0. The third-order valence-corrected chi connectivity index (χ3v) is 9.50. The number of anilines is 1. The molecule has 1 atom stereocenters. The molecule has 1 aliphatic rings. The Labute approximate surface area is 253 Å². The van der Waals surface area contributed by atoms with Crippen LogP contribution in [0.4, 0.5) is 10.1 Å². The van der Waals surface area contributed by atoms with Crippen LogP contribution in [0.25, 0.3) is 0 Å². The quantitative estimate of drug-likeness (QED) is 0.289. The van der Waals surface area contributed by atoms with Gasteiger partial charge in [-0.25, -0.2) is 12.8 Å². The van der Waals surface area contributed by atoms with Gasteiger partial charge in [-0.1, -0.05) is 49.1 Å². The first kappa shape index (κ1) is 32.0. The fourth-order valence-corrected chi connectivity index (χ4v) is 6.59. The highest BCUT2D eigenvalue weighted by Gasteiger charge is 2.33. The predicted octanol–water partition coefficient (Wildman–Crippen LogP) is 5.59. The zero-order valence-corrected chi connectivity index (χ0v) is 25.8. The lowest BCUT2D eigenvalue weighted by molar-refractivity contribution is -0.139. The number of amides is 2. The molecule has 3 aromatic rings. The molecule has 4 rings (SSSR count). The Morgan fingerprint density at radius 1 is 0.953 bits per heavy atom. The molecule has 0 saturated heterocycles. The van der Waals surface area contributed by atoms with E-state index in [-0.39, 0.29) is 29.1 Å². The number of halogens is 1. The number of hydrogen-bond donors (Lipinski definition) is 1. The second-order valence-electron chi connectivity index (χ2n) is 10.9. The highest BCUT2D eigenvalue weighted by molar-refractivity contribution is 7.92. The van der Waals surface area contributed by atoms with Gasteiger partial charge in [-0.3, -0.25) is 13.9 Å². The number of ether oxygens (including phenoxy) is 1. The van der Waals surface area contributed by atoms with Gasteiger partial charge in [-0.05, 0) is 87.7 Å². The first-order valence-corrected chi connectivity index (χ1v) is 16.2. The number of carbonyl (C=O) groups is 2. The standard InChI is InChI=1S/C33H40FN3O5S/c1-4-42-30-18-16-29(17-19-30)37(43(40,41)31-20-14-27(34)15-21-31)23-32(38)36(22-26-12-10-24(2)11-13-26)25(3)33(39)35-28-8-6-5-7-9-28/h10-21,25,28H,4-9,22-23H2,1-3H3,(H,35,39)/t25-/m1/s1. The van der Waals surface area contributed by atoms with Crippen LogP contribution in [0.2, 0.25) is 0 Å². The van der Waals surface area contributed by atoms with Crippen LogP contribution in [-0.2, 0) is 26.2 Å². The van der Waals surface area contributed by atoms with Crippen molar-refractivity contribution in [3.8, 4) is 5.75 Å². The minimum atomic E-state index is -4.29. The van der Waals surface area contributed by atoms with Crippen molar-refractivity contribution in [3.63, 3.8) is 0 Å². The number of nitrogens with zero attached hydrogens (tertiary/aromatic N) is 2. The maximum absolute atomic E-state index is 14.1. The number of carbonyl (C=O) groups excluding carboxylic acids is 2. The number of benzene rings is 3. The molecule has 0 heterocycles. The summed E-state index contributed by atoms with van der Waals surface area (Å²) in [5, 5.41) is 3.10. The fourth-order valence-electron chi connectivity index (χ4n) is 5.18. The van der Waals surface area contributed by atoms with Gasteiger partial charge in [0.15, 0.2) is 0 Å². The zero-order chi connectivity index (χ0) is 31.0. The van der Waals surface area contributed by atoms with Crippen molar-refractivity contribution in [2.45, 2.75) is 76.4 Å². The van der Waals surface area contributed by atoms with E-state index in [1.807, 2.05) is 38.1 Å². The van der Waals surface area contributed by atoms with Crippen molar-refractivity contribution in [2.24, 2.45) is 0 Å². The summed E-state index contributed by atoms with van der Waals surface area (Å²) >= 11 is 0. The first-order valence-electron chi connectivity index (χ1n) is 14.7. The van der Waals surface area contributed by atoms with E-state index in [4.69, 9.17) is 4.74 Å². The molecule has 0 radical (unpaired) electrons. The van der Waals surface area contributed by atoms with Crippen LogP contribution in [0.1, 0.15) is 57.1 Å². The highest BCUT2D eigenvalue weighted by atomic mass is 32.2. The van der Waals surface area contributed by atoms with Gasteiger partial charge in [0.25, 0.3) is 10.0 Å². The van der Waals surface area contributed by atoms with Crippen molar-refractivity contribution in [3.05, 3.63) is 89.7 Å². The van der Waals surface area contributed by atoms with Gasteiger partial charge < -0.3 is 15.0 Å². The van der Waals surface area contributed by atoms with Gasteiger partial charge in [-0.2, -0.15) is 0 Å². The van der Waals surface area contributed by atoms with Crippen LogP contribution in [0.15, 0.2) is 77.7 Å². The summed E-state index contributed by atoms with van der Waals surface area (Å²) in [5.41, 5.74) is 2.10. The topological polar surface area (TPSA) is 96.0 Å². The molecule has 0 unspecified atom stereocenters. The van der Waals surface area contributed by atoms with Crippen LogP contribution in [-0.4, -0.2) is 50.4 Å². The fraction of sp³-hybridized carbons (Fsp3) is 0.394. The minimum absolute atomic E-state index is 0.0548. The summed E-state index contributed by atoms with van der Waals surface area (Å²) in [5.74, 6) is -0.858. The third kappa shape index (κ3) is 8.34. The molecule has 3 aromatic carbocycles. The molecule has 1 aliphatic carbocycles. The Bertz CT molecular complexity index is 1470. The summed E-state index contributed by atoms with van der Waals surface area (Å²) in [6, 6.07) is 17.7. The van der Waals surface area contributed by atoms with E-state index in [9.17, 15) is 22.4 Å². The summed E-state index contributed by atoms with van der Waals surface area (Å²) in [6.45, 7) is 5.45. The second-order valence-corrected chi connectivity index (χ2v) is 12.8. The average molecular weight is 610 g/mol. The Morgan fingerprint density at radius 3 is 2.19 bits per heavy atom. The van der Waals surface area contributed by atoms with E-state index in [1.54, 1.807) is 31.2 Å².